The van der Waals surface area contributed by atoms with Crippen molar-refractivity contribution in [3.05, 3.63) is 75.8 Å². The van der Waals surface area contributed by atoms with Crippen molar-refractivity contribution in [1.29, 1.82) is 5.26 Å². The molecule has 1 aliphatic heterocycles. The third-order valence-electron chi connectivity index (χ3n) is 5.64. The molecule has 1 fully saturated rings. The summed E-state index contributed by atoms with van der Waals surface area (Å²) in [6.45, 7) is 5.05. The highest BCUT2D eigenvalue weighted by molar-refractivity contribution is 6.33. The van der Waals surface area contributed by atoms with Crippen molar-refractivity contribution >= 4 is 17.5 Å². The van der Waals surface area contributed by atoms with Gasteiger partial charge in [-0.2, -0.15) is 5.26 Å². The largest absolute Gasteiger partial charge is 0.360 e. The maximum absolute atomic E-state index is 14.5. The summed E-state index contributed by atoms with van der Waals surface area (Å²) in [5.41, 5.74) is 2.21. The molecular formula is C24H22ClFN4O2. The van der Waals surface area contributed by atoms with Crippen LogP contribution < -0.4 is 0 Å². The van der Waals surface area contributed by atoms with E-state index in [-0.39, 0.29) is 27.8 Å². The zero-order valence-electron chi connectivity index (χ0n) is 17.6. The quantitative estimate of drug-likeness (QED) is 0.575. The second-order valence-electron chi connectivity index (χ2n) is 7.79. The van der Waals surface area contributed by atoms with Crippen LogP contribution in [0.15, 0.2) is 47.0 Å². The summed E-state index contributed by atoms with van der Waals surface area (Å²) in [6.07, 6.45) is 0.808. The first-order chi connectivity index (χ1) is 15.5. The number of hydrogen-bond acceptors (Lipinski definition) is 5. The number of benzene rings is 2. The molecule has 0 bridgehead atoms. The minimum Gasteiger partial charge on any atom is -0.360 e. The van der Waals surface area contributed by atoms with Crippen molar-refractivity contribution in [3.8, 4) is 17.3 Å². The topological polar surface area (TPSA) is 73.4 Å². The third-order valence-corrected chi connectivity index (χ3v) is 5.96. The molecule has 0 atom stereocenters. The Morgan fingerprint density at radius 2 is 1.97 bits per heavy atom. The highest BCUT2D eigenvalue weighted by Gasteiger charge is 2.29. The van der Waals surface area contributed by atoms with Crippen LogP contribution in [0.5, 0.6) is 0 Å². The van der Waals surface area contributed by atoms with Gasteiger partial charge in [-0.15, -0.1) is 0 Å². The van der Waals surface area contributed by atoms with Crippen molar-refractivity contribution in [2.24, 2.45) is 0 Å². The number of rotatable bonds is 4. The number of carbonyl (C=O) groups excluding carboxylic acids is 1. The van der Waals surface area contributed by atoms with Crippen LogP contribution in [-0.4, -0.2) is 47.0 Å². The Morgan fingerprint density at radius 1 is 1.19 bits per heavy atom. The van der Waals surface area contributed by atoms with E-state index in [0.717, 1.165) is 25.1 Å². The first-order valence-electron chi connectivity index (χ1n) is 10.4. The van der Waals surface area contributed by atoms with Crippen LogP contribution in [-0.2, 0) is 6.54 Å². The predicted molar refractivity (Wildman–Crippen MR) is 119 cm³/mol. The number of nitrogens with zero attached hydrogens (tertiary/aromatic N) is 4. The lowest BCUT2D eigenvalue weighted by Gasteiger charge is -2.22. The molecule has 32 heavy (non-hydrogen) atoms. The molecule has 0 saturated carbocycles. The maximum atomic E-state index is 14.5. The number of nitriles is 1. The molecule has 1 aromatic heterocycles. The number of carbonyl (C=O) groups is 1. The third kappa shape index (κ3) is 4.52. The van der Waals surface area contributed by atoms with Crippen molar-refractivity contribution < 1.29 is 13.7 Å². The smallest absolute Gasteiger partial charge is 0.259 e. The van der Waals surface area contributed by atoms with Crippen LogP contribution in [0.1, 0.15) is 33.7 Å². The molecule has 0 aliphatic carbocycles. The lowest BCUT2D eigenvalue weighted by atomic mass is 10.0. The van der Waals surface area contributed by atoms with Crippen molar-refractivity contribution in [2.45, 2.75) is 19.9 Å². The van der Waals surface area contributed by atoms with Crippen LogP contribution >= 0.6 is 11.6 Å². The van der Waals surface area contributed by atoms with Crippen LogP contribution in [0.3, 0.4) is 0 Å². The van der Waals surface area contributed by atoms with Gasteiger partial charge < -0.3 is 9.42 Å². The Hall–Kier alpha value is -3.21. The summed E-state index contributed by atoms with van der Waals surface area (Å²) in [5, 5.41) is 13.1. The highest BCUT2D eigenvalue weighted by atomic mass is 35.5. The van der Waals surface area contributed by atoms with Crippen molar-refractivity contribution in [3.63, 3.8) is 0 Å². The minimum absolute atomic E-state index is 0.0756. The molecule has 0 radical (unpaired) electrons. The second-order valence-corrected chi connectivity index (χ2v) is 8.20. The van der Waals surface area contributed by atoms with Gasteiger partial charge in [0.15, 0.2) is 0 Å². The van der Waals surface area contributed by atoms with Gasteiger partial charge in [-0.1, -0.05) is 35.0 Å². The van der Waals surface area contributed by atoms with E-state index in [1.165, 1.54) is 12.1 Å². The van der Waals surface area contributed by atoms with Gasteiger partial charge in [0.2, 0.25) is 0 Å². The van der Waals surface area contributed by atoms with Gasteiger partial charge in [0, 0.05) is 32.7 Å². The van der Waals surface area contributed by atoms with E-state index in [9.17, 15) is 9.18 Å². The summed E-state index contributed by atoms with van der Waals surface area (Å²) in [7, 11) is 0. The lowest BCUT2D eigenvalue weighted by molar-refractivity contribution is 0.0760. The average molecular weight is 453 g/mol. The van der Waals surface area contributed by atoms with Gasteiger partial charge in [0.05, 0.1) is 22.2 Å². The van der Waals surface area contributed by atoms with E-state index in [0.29, 0.717) is 31.0 Å². The monoisotopic (exact) mass is 452 g/mol. The molecule has 0 unspecified atom stereocenters. The number of aromatic nitrogens is 1. The van der Waals surface area contributed by atoms with Crippen LogP contribution in [0.4, 0.5) is 4.39 Å². The fourth-order valence-electron chi connectivity index (χ4n) is 3.95. The molecule has 6 nitrogen and oxygen atoms in total. The number of hydrogen-bond donors (Lipinski definition) is 0. The highest BCUT2D eigenvalue weighted by Crippen LogP contribution is 2.34. The molecule has 4 rings (SSSR count). The first kappa shape index (κ1) is 22.0. The van der Waals surface area contributed by atoms with Gasteiger partial charge in [-0.3, -0.25) is 9.69 Å². The molecule has 2 heterocycles. The normalized spacial score (nSPS) is 14.8. The van der Waals surface area contributed by atoms with Crippen molar-refractivity contribution in [2.75, 3.05) is 26.2 Å². The minimum atomic E-state index is -0.552. The fourth-order valence-corrected chi connectivity index (χ4v) is 4.20. The molecule has 3 aromatic rings. The zero-order valence-corrected chi connectivity index (χ0v) is 18.4. The molecule has 8 heteroatoms. The van der Waals surface area contributed by atoms with Gasteiger partial charge in [0.25, 0.3) is 5.91 Å². The Kier molecular flexibility index (Phi) is 6.54. The van der Waals surface area contributed by atoms with Crippen LogP contribution in [0.25, 0.3) is 11.3 Å². The summed E-state index contributed by atoms with van der Waals surface area (Å²) in [4.78, 5) is 17.4. The van der Waals surface area contributed by atoms with Crippen LogP contribution in [0.2, 0.25) is 5.02 Å². The molecule has 0 N–H and O–H groups in total. The average Bonchev–Trinajstić information content (AvgIpc) is 3.00. The van der Waals surface area contributed by atoms with E-state index < -0.39 is 5.82 Å². The van der Waals surface area contributed by atoms with E-state index >= 15 is 0 Å². The molecule has 2 aromatic carbocycles. The number of halogens is 2. The molecule has 0 spiro atoms. The predicted octanol–water partition coefficient (Wildman–Crippen LogP) is 4.66. The van der Waals surface area contributed by atoms with Gasteiger partial charge >= 0.3 is 0 Å². The van der Waals surface area contributed by atoms with E-state index in [1.807, 2.05) is 24.3 Å². The number of aryl methyl sites for hydroxylation is 1. The van der Waals surface area contributed by atoms with Gasteiger partial charge in [-0.25, -0.2) is 4.39 Å². The lowest BCUT2D eigenvalue weighted by Crippen LogP contribution is -2.35. The molecule has 1 saturated heterocycles. The second kappa shape index (κ2) is 9.51. The van der Waals surface area contributed by atoms with Gasteiger partial charge in [0.1, 0.15) is 22.8 Å². The Labute approximate surface area is 190 Å². The van der Waals surface area contributed by atoms with Crippen LogP contribution in [0, 0.1) is 24.1 Å². The molecular weight excluding hydrogens is 431 g/mol. The number of amides is 1. The standard InChI is InChI=1S/C24H22ClFN4O2/c1-16-21(23(28-32-16)22-19(25)4-2-5-20(22)26)24(31)30-11-3-10-29(12-13-30)15-18-8-6-17(14-27)7-9-18/h2,4-9H,3,10-13,15H2,1H3. The SMILES string of the molecule is Cc1onc(-c2c(F)cccc2Cl)c1C(=O)N1CCCN(Cc2ccc(C#N)cc2)CC1. The summed E-state index contributed by atoms with van der Waals surface area (Å²) in [5.74, 6) is -0.453. The van der Waals surface area contributed by atoms with Gasteiger partial charge in [-0.05, 0) is 43.2 Å². The molecule has 164 valence electrons. The van der Waals surface area contributed by atoms with E-state index in [4.69, 9.17) is 21.4 Å². The molecule has 1 amide bonds. The summed E-state index contributed by atoms with van der Waals surface area (Å²) in [6, 6.07) is 14.0. The Balaban J connectivity index is 1.50. The Bertz CT molecular complexity index is 1150. The first-order valence-corrected chi connectivity index (χ1v) is 10.8. The summed E-state index contributed by atoms with van der Waals surface area (Å²) >= 11 is 6.21. The molecule has 1 aliphatic rings. The zero-order chi connectivity index (χ0) is 22.7. The van der Waals surface area contributed by atoms with E-state index in [2.05, 4.69) is 16.1 Å². The summed E-state index contributed by atoms with van der Waals surface area (Å²) < 4.78 is 19.8. The van der Waals surface area contributed by atoms with E-state index in [1.54, 1.807) is 17.9 Å². The fraction of sp³-hybridized carbons (Fsp3) is 0.292. The Morgan fingerprint density at radius 3 is 2.69 bits per heavy atom. The van der Waals surface area contributed by atoms with Crippen molar-refractivity contribution in [1.82, 2.24) is 15.0 Å². The maximum Gasteiger partial charge on any atom is 0.259 e.